The lowest BCUT2D eigenvalue weighted by atomic mass is 9.96. The van der Waals surface area contributed by atoms with Crippen LogP contribution in [0.3, 0.4) is 0 Å². The fourth-order valence-electron chi connectivity index (χ4n) is 2.95. The van der Waals surface area contributed by atoms with Gasteiger partial charge in [0, 0.05) is 5.92 Å². The monoisotopic (exact) mass is 335 g/mol. The highest BCUT2D eigenvalue weighted by Crippen LogP contribution is 2.39. The van der Waals surface area contributed by atoms with E-state index < -0.39 is 6.10 Å². The van der Waals surface area contributed by atoms with Crippen LogP contribution in [-0.2, 0) is 6.54 Å². The molecule has 5 heteroatoms. The van der Waals surface area contributed by atoms with Crippen molar-refractivity contribution in [2.24, 2.45) is 0 Å². The van der Waals surface area contributed by atoms with Crippen LogP contribution in [0.25, 0.3) is 0 Å². The molecule has 1 aliphatic rings. The lowest BCUT2D eigenvalue weighted by Gasteiger charge is -2.24. The van der Waals surface area contributed by atoms with E-state index in [9.17, 15) is 5.11 Å². The number of hydrogen-bond acceptors (Lipinski definition) is 5. The number of benzene rings is 2. The maximum Gasteiger partial charge on any atom is 0.230 e. The van der Waals surface area contributed by atoms with Crippen molar-refractivity contribution in [1.29, 1.82) is 0 Å². The average Bonchev–Trinajstić information content (AvgIpc) is 3.42. The minimum Gasteiger partial charge on any atom is -0.424 e. The lowest BCUT2D eigenvalue weighted by molar-refractivity contribution is 0.126. The van der Waals surface area contributed by atoms with Gasteiger partial charge in [0.2, 0.25) is 11.8 Å². The summed E-state index contributed by atoms with van der Waals surface area (Å²) in [6, 6.07) is 19.3. The predicted molar refractivity (Wildman–Crippen MR) is 93.7 cm³/mol. The first kappa shape index (κ1) is 16.0. The van der Waals surface area contributed by atoms with Crippen LogP contribution < -0.4 is 5.32 Å². The van der Waals surface area contributed by atoms with Gasteiger partial charge < -0.3 is 9.52 Å². The van der Waals surface area contributed by atoms with E-state index in [1.54, 1.807) is 0 Å². The summed E-state index contributed by atoms with van der Waals surface area (Å²) in [6.07, 6.45) is 1.59. The summed E-state index contributed by atoms with van der Waals surface area (Å²) in [7, 11) is 0. The van der Waals surface area contributed by atoms with E-state index in [1.807, 2.05) is 60.7 Å². The van der Waals surface area contributed by atoms with Crippen LogP contribution >= 0.6 is 0 Å². The third-order valence-corrected chi connectivity index (χ3v) is 4.50. The first-order chi connectivity index (χ1) is 12.3. The number of aliphatic hydroxyl groups excluding tert-OH is 1. The van der Waals surface area contributed by atoms with E-state index in [1.165, 1.54) is 0 Å². The Morgan fingerprint density at radius 1 is 0.960 bits per heavy atom. The largest absolute Gasteiger partial charge is 0.424 e. The summed E-state index contributed by atoms with van der Waals surface area (Å²) in [5.74, 6) is 1.74. The first-order valence-electron chi connectivity index (χ1n) is 8.65. The van der Waals surface area contributed by atoms with Crippen molar-refractivity contribution in [3.63, 3.8) is 0 Å². The minimum atomic E-state index is -0.672. The Bertz CT molecular complexity index is 800. The quantitative estimate of drug-likeness (QED) is 0.691. The van der Waals surface area contributed by atoms with Gasteiger partial charge in [0.1, 0.15) is 0 Å². The molecule has 1 heterocycles. The van der Waals surface area contributed by atoms with Crippen molar-refractivity contribution in [3.05, 3.63) is 83.6 Å². The Hall–Kier alpha value is -2.50. The van der Waals surface area contributed by atoms with Crippen molar-refractivity contribution in [1.82, 2.24) is 15.5 Å². The van der Waals surface area contributed by atoms with Crippen LogP contribution in [0.5, 0.6) is 0 Å². The van der Waals surface area contributed by atoms with E-state index >= 15 is 0 Å². The lowest BCUT2D eigenvalue weighted by Crippen LogP contribution is -2.27. The summed E-state index contributed by atoms with van der Waals surface area (Å²) in [4.78, 5) is 0. The van der Waals surface area contributed by atoms with E-state index in [0.29, 0.717) is 18.4 Å². The molecule has 1 aromatic heterocycles. The molecule has 1 saturated carbocycles. The molecule has 3 aromatic rings. The van der Waals surface area contributed by atoms with Crippen LogP contribution in [0.1, 0.15) is 53.8 Å². The third kappa shape index (κ3) is 3.78. The van der Waals surface area contributed by atoms with Crippen molar-refractivity contribution in [2.75, 3.05) is 0 Å². The molecule has 0 spiro atoms. The second-order valence-electron chi connectivity index (χ2n) is 6.43. The number of aliphatic hydroxyl groups is 1. The Morgan fingerprint density at radius 3 is 2.24 bits per heavy atom. The molecule has 4 rings (SSSR count). The fraction of sp³-hybridized carbons (Fsp3) is 0.300. The minimum absolute atomic E-state index is 0.264. The molecule has 25 heavy (non-hydrogen) atoms. The Labute approximate surface area is 146 Å². The average molecular weight is 335 g/mol. The van der Waals surface area contributed by atoms with Crippen molar-refractivity contribution in [2.45, 2.75) is 37.5 Å². The molecule has 0 unspecified atom stereocenters. The van der Waals surface area contributed by atoms with Gasteiger partial charge in [-0.2, -0.15) is 0 Å². The van der Waals surface area contributed by atoms with Crippen molar-refractivity contribution >= 4 is 0 Å². The maximum atomic E-state index is 10.9. The zero-order chi connectivity index (χ0) is 17.1. The predicted octanol–water partition coefficient (Wildman–Crippen LogP) is 3.51. The maximum absolute atomic E-state index is 10.9. The highest BCUT2D eigenvalue weighted by atomic mass is 16.4. The van der Waals surface area contributed by atoms with E-state index in [-0.39, 0.29) is 6.04 Å². The molecule has 0 bridgehead atoms. The second-order valence-corrected chi connectivity index (χ2v) is 6.43. The molecule has 128 valence electrons. The SMILES string of the molecule is O[C@@H](c1ccccc1)[C@H](NCc1nnc(C2CC2)o1)c1ccccc1. The van der Waals surface area contributed by atoms with Crippen LogP contribution in [0.4, 0.5) is 0 Å². The van der Waals surface area contributed by atoms with Gasteiger partial charge in [0.05, 0.1) is 18.7 Å². The van der Waals surface area contributed by atoms with Crippen LogP contribution in [0, 0.1) is 0 Å². The van der Waals surface area contributed by atoms with Gasteiger partial charge in [-0.25, -0.2) is 0 Å². The normalized spacial score (nSPS) is 16.5. The fourth-order valence-corrected chi connectivity index (χ4v) is 2.95. The van der Waals surface area contributed by atoms with Gasteiger partial charge in [0.25, 0.3) is 0 Å². The molecule has 0 aliphatic heterocycles. The van der Waals surface area contributed by atoms with E-state index in [0.717, 1.165) is 29.9 Å². The molecule has 2 N–H and O–H groups in total. The van der Waals surface area contributed by atoms with Crippen molar-refractivity contribution in [3.8, 4) is 0 Å². The number of rotatable bonds is 7. The molecule has 5 nitrogen and oxygen atoms in total. The number of nitrogens with one attached hydrogen (secondary N) is 1. The van der Waals surface area contributed by atoms with Gasteiger partial charge >= 0.3 is 0 Å². The Kier molecular flexibility index (Phi) is 4.59. The highest BCUT2D eigenvalue weighted by Gasteiger charge is 2.29. The van der Waals surface area contributed by atoms with Gasteiger partial charge in [-0.3, -0.25) is 5.32 Å². The molecule has 0 amide bonds. The van der Waals surface area contributed by atoms with Gasteiger partial charge in [-0.05, 0) is 24.0 Å². The summed E-state index contributed by atoms with van der Waals surface area (Å²) in [5.41, 5.74) is 1.88. The molecule has 1 aliphatic carbocycles. The number of nitrogens with zero attached hydrogens (tertiary/aromatic N) is 2. The van der Waals surface area contributed by atoms with Crippen LogP contribution in [0.2, 0.25) is 0 Å². The molecule has 2 atom stereocenters. The van der Waals surface area contributed by atoms with E-state index in [4.69, 9.17) is 4.42 Å². The van der Waals surface area contributed by atoms with Crippen LogP contribution in [-0.4, -0.2) is 15.3 Å². The zero-order valence-corrected chi connectivity index (χ0v) is 13.9. The Balaban J connectivity index is 1.52. The molecular formula is C20H21N3O2. The topological polar surface area (TPSA) is 71.2 Å². The third-order valence-electron chi connectivity index (χ3n) is 4.50. The van der Waals surface area contributed by atoms with Gasteiger partial charge in [0.15, 0.2) is 0 Å². The number of aromatic nitrogens is 2. The summed E-state index contributed by atoms with van der Waals surface area (Å²) < 4.78 is 5.71. The van der Waals surface area contributed by atoms with Gasteiger partial charge in [-0.15, -0.1) is 10.2 Å². The molecule has 1 fully saturated rings. The van der Waals surface area contributed by atoms with Crippen molar-refractivity contribution < 1.29 is 9.52 Å². The number of hydrogen-bond donors (Lipinski definition) is 2. The Morgan fingerprint density at radius 2 is 1.60 bits per heavy atom. The smallest absolute Gasteiger partial charge is 0.230 e. The zero-order valence-electron chi connectivity index (χ0n) is 13.9. The van der Waals surface area contributed by atoms with Gasteiger partial charge in [-0.1, -0.05) is 60.7 Å². The first-order valence-corrected chi connectivity index (χ1v) is 8.65. The van der Waals surface area contributed by atoms with Crippen LogP contribution in [0.15, 0.2) is 65.1 Å². The second kappa shape index (κ2) is 7.17. The van der Waals surface area contributed by atoms with E-state index in [2.05, 4.69) is 15.5 Å². The summed E-state index contributed by atoms with van der Waals surface area (Å²) >= 11 is 0. The standard InChI is InChI=1S/C20H21N3O2/c24-19(15-9-5-2-6-10-15)18(14-7-3-1-4-8-14)21-13-17-22-23-20(25-17)16-11-12-16/h1-10,16,18-19,21,24H,11-13H2/t18-,19+/m1/s1. The highest BCUT2D eigenvalue weighted by molar-refractivity contribution is 5.26. The molecular weight excluding hydrogens is 314 g/mol. The summed E-state index contributed by atoms with van der Waals surface area (Å²) in [5, 5.41) is 22.5. The molecule has 2 aromatic carbocycles. The molecule has 0 radical (unpaired) electrons. The summed E-state index contributed by atoms with van der Waals surface area (Å²) in [6.45, 7) is 0.420. The molecule has 0 saturated heterocycles.